The van der Waals surface area contributed by atoms with E-state index in [-0.39, 0.29) is 13.3 Å². The van der Waals surface area contributed by atoms with E-state index < -0.39 is 11.8 Å². The number of hydrogen-bond donors (Lipinski definition) is 2. The van der Waals surface area contributed by atoms with Crippen molar-refractivity contribution in [2.75, 3.05) is 34.7 Å². The van der Waals surface area contributed by atoms with Gasteiger partial charge in [-0.05, 0) is 30.3 Å². The van der Waals surface area contributed by atoms with Gasteiger partial charge in [0, 0.05) is 11.1 Å². The quantitative estimate of drug-likeness (QED) is 0.493. The maximum Gasteiger partial charge on any atom is 0.259 e. The Bertz CT molecular complexity index is 950. The van der Waals surface area contributed by atoms with E-state index in [1.165, 1.54) is 27.5 Å². The van der Waals surface area contributed by atoms with Crippen LogP contribution >= 0.6 is 0 Å². The average Bonchev–Trinajstić information content (AvgIpc) is 3.24. The molecule has 158 valence electrons. The first-order chi connectivity index (χ1) is 14.5. The molecule has 10 nitrogen and oxygen atoms in total. The second-order valence-electron chi connectivity index (χ2n) is 6.00. The molecular formula is C20H21N3O7. The molecule has 3 rings (SSSR count). The van der Waals surface area contributed by atoms with Crippen molar-refractivity contribution < 1.29 is 33.3 Å². The van der Waals surface area contributed by atoms with Gasteiger partial charge in [0.15, 0.2) is 23.0 Å². The highest BCUT2D eigenvalue weighted by atomic mass is 16.7. The number of hydrogen-bond acceptors (Lipinski definition) is 8. The molecule has 0 radical (unpaired) electrons. The molecule has 0 saturated carbocycles. The predicted molar refractivity (Wildman–Crippen MR) is 107 cm³/mol. The average molecular weight is 415 g/mol. The molecule has 2 aromatic carbocycles. The number of methoxy groups -OCH3 is 3. The van der Waals surface area contributed by atoms with Crippen molar-refractivity contribution in [1.29, 1.82) is 0 Å². The zero-order valence-corrected chi connectivity index (χ0v) is 16.7. The van der Waals surface area contributed by atoms with E-state index in [1.807, 2.05) is 0 Å². The van der Waals surface area contributed by atoms with Gasteiger partial charge in [0.05, 0.1) is 34.1 Å². The monoisotopic (exact) mass is 415 g/mol. The summed E-state index contributed by atoms with van der Waals surface area (Å²) in [5.74, 6) is 1.52. The Morgan fingerprint density at radius 1 is 1.03 bits per heavy atom. The molecule has 2 aromatic rings. The molecule has 0 unspecified atom stereocenters. The molecule has 30 heavy (non-hydrogen) atoms. The number of carbonyl (C=O) groups excluding carboxylic acids is 2. The highest BCUT2D eigenvalue weighted by molar-refractivity contribution is 5.97. The lowest BCUT2D eigenvalue weighted by Gasteiger charge is -2.12. The molecule has 0 atom stereocenters. The van der Waals surface area contributed by atoms with Crippen LogP contribution in [0.2, 0.25) is 0 Å². The third-order valence-corrected chi connectivity index (χ3v) is 4.13. The van der Waals surface area contributed by atoms with Crippen LogP contribution < -0.4 is 34.4 Å². The normalized spacial score (nSPS) is 11.8. The fourth-order valence-corrected chi connectivity index (χ4v) is 2.69. The van der Waals surface area contributed by atoms with Crippen molar-refractivity contribution in [3.8, 4) is 28.7 Å². The van der Waals surface area contributed by atoms with Gasteiger partial charge >= 0.3 is 0 Å². The Kier molecular flexibility index (Phi) is 6.58. The number of fused-ring (bicyclic) bond motifs is 1. The lowest BCUT2D eigenvalue weighted by molar-refractivity contribution is -0.120. The molecule has 0 aromatic heterocycles. The Morgan fingerprint density at radius 2 is 1.73 bits per heavy atom. The molecule has 0 bridgehead atoms. The first-order valence-electron chi connectivity index (χ1n) is 8.85. The zero-order chi connectivity index (χ0) is 21.5. The number of benzene rings is 2. The lowest BCUT2D eigenvalue weighted by Crippen LogP contribution is -2.34. The van der Waals surface area contributed by atoms with E-state index in [1.54, 1.807) is 30.3 Å². The SMILES string of the molecule is COc1cc(/C=N/NC(=O)CNC(=O)c2ccc3c(c2)OCO3)cc(OC)c1OC. The van der Waals surface area contributed by atoms with E-state index in [4.69, 9.17) is 23.7 Å². The minimum atomic E-state index is -0.493. The molecule has 0 spiro atoms. The zero-order valence-electron chi connectivity index (χ0n) is 16.7. The van der Waals surface area contributed by atoms with Crippen LogP contribution in [0.15, 0.2) is 35.4 Å². The second-order valence-corrected chi connectivity index (χ2v) is 6.00. The third-order valence-electron chi connectivity index (χ3n) is 4.13. The van der Waals surface area contributed by atoms with Gasteiger partial charge in [-0.2, -0.15) is 5.10 Å². The van der Waals surface area contributed by atoms with Crippen LogP contribution in [0.3, 0.4) is 0 Å². The number of nitrogens with one attached hydrogen (secondary N) is 2. The molecule has 0 saturated heterocycles. The summed E-state index contributed by atoms with van der Waals surface area (Å²) in [6, 6.07) is 8.14. The largest absolute Gasteiger partial charge is 0.493 e. The van der Waals surface area contributed by atoms with Crippen molar-refractivity contribution in [2.24, 2.45) is 5.10 Å². The van der Waals surface area contributed by atoms with E-state index >= 15 is 0 Å². The Morgan fingerprint density at radius 3 is 2.40 bits per heavy atom. The van der Waals surface area contributed by atoms with Gasteiger partial charge in [0.2, 0.25) is 12.5 Å². The summed E-state index contributed by atoms with van der Waals surface area (Å²) in [6.45, 7) is -0.132. The van der Waals surface area contributed by atoms with Crippen molar-refractivity contribution in [3.05, 3.63) is 41.5 Å². The van der Waals surface area contributed by atoms with Gasteiger partial charge in [-0.15, -0.1) is 0 Å². The Hall–Kier alpha value is -3.95. The summed E-state index contributed by atoms with van der Waals surface area (Å²) < 4.78 is 26.2. The summed E-state index contributed by atoms with van der Waals surface area (Å²) in [5, 5.41) is 6.39. The van der Waals surface area contributed by atoms with Gasteiger partial charge in [-0.25, -0.2) is 5.43 Å². The van der Waals surface area contributed by atoms with Crippen molar-refractivity contribution in [2.45, 2.75) is 0 Å². The summed E-state index contributed by atoms with van der Waals surface area (Å²) in [5.41, 5.74) is 3.32. The van der Waals surface area contributed by atoms with E-state index in [0.717, 1.165) is 0 Å². The van der Waals surface area contributed by atoms with Crippen LogP contribution in [0.4, 0.5) is 0 Å². The smallest absolute Gasteiger partial charge is 0.259 e. The van der Waals surface area contributed by atoms with E-state index in [0.29, 0.717) is 39.9 Å². The minimum Gasteiger partial charge on any atom is -0.493 e. The van der Waals surface area contributed by atoms with Crippen LogP contribution in [0, 0.1) is 0 Å². The number of rotatable bonds is 8. The number of nitrogens with zero attached hydrogens (tertiary/aromatic N) is 1. The standard InChI is InChI=1S/C20H21N3O7/c1-26-16-6-12(7-17(27-2)19(16)28-3)9-22-23-18(24)10-21-20(25)13-4-5-14-15(8-13)30-11-29-14/h4-9H,10-11H2,1-3H3,(H,21,25)(H,23,24)/b22-9+. The summed E-state index contributed by atoms with van der Waals surface area (Å²) >= 11 is 0. The first-order valence-corrected chi connectivity index (χ1v) is 8.85. The highest BCUT2D eigenvalue weighted by Crippen LogP contribution is 2.37. The molecule has 1 heterocycles. The lowest BCUT2D eigenvalue weighted by atomic mass is 10.2. The molecule has 0 fully saturated rings. The Balaban J connectivity index is 1.54. The number of carbonyl (C=O) groups is 2. The fraction of sp³-hybridized carbons (Fsp3) is 0.250. The van der Waals surface area contributed by atoms with Crippen molar-refractivity contribution in [3.63, 3.8) is 0 Å². The minimum absolute atomic E-state index is 0.118. The number of hydrazone groups is 1. The van der Waals surface area contributed by atoms with Crippen molar-refractivity contribution in [1.82, 2.24) is 10.7 Å². The highest BCUT2D eigenvalue weighted by Gasteiger charge is 2.16. The van der Waals surface area contributed by atoms with E-state index in [9.17, 15) is 9.59 Å². The fourth-order valence-electron chi connectivity index (χ4n) is 2.69. The molecular weight excluding hydrogens is 394 g/mol. The molecule has 2 N–H and O–H groups in total. The van der Waals surface area contributed by atoms with Crippen LogP contribution in [0.5, 0.6) is 28.7 Å². The van der Waals surface area contributed by atoms with Crippen LogP contribution in [0.1, 0.15) is 15.9 Å². The maximum absolute atomic E-state index is 12.2. The van der Waals surface area contributed by atoms with Gasteiger partial charge < -0.3 is 29.0 Å². The molecule has 2 amide bonds. The van der Waals surface area contributed by atoms with E-state index in [2.05, 4.69) is 15.8 Å². The summed E-state index contributed by atoms with van der Waals surface area (Å²) in [7, 11) is 4.51. The first kappa shape index (κ1) is 20.8. The molecule has 1 aliphatic heterocycles. The van der Waals surface area contributed by atoms with Gasteiger partial charge in [0.25, 0.3) is 11.8 Å². The maximum atomic E-state index is 12.2. The van der Waals surface area contributed by atoms with Crippen molar-refractivity contribution >= 4 is 18.0 Å². The number of ether oxygens (including phenoxy) is 5. The summed E-state index contributed by atoms with van der Waals surface area (Å²) in [6.07, 6.45) is 1.42. The predicted octanol–water partition coefficient (Wildman–Crippen LogP) is 1.32. The Labute approximate surface area is 172 Å². The topological polar surface area (TPSA) is 117 Å². The number of amides is 2. The van der Waals surface area contributed by atoms with Gasteiger partial charge in [-0.1, -0.05) is 0 Å². The van der Waals surface area contributed by atoms with Gasteiger partial charge in [0.1, 0.15) is 0 Å². The molecule has 10 heteroatoms. The third kappa shape index (κ3) is 4.72. The summed E-state index contributed by atoms with van der Waals surface area (Å²) in [4.78, 5) is 24.1. The van der Waals surface area contributed by atoms with Crippen LogP contribution in [0.25, 0.3) is 0 Å². The van der Waals surface area contributed by atoms with Crippen LogP contribution in [-0.4, -0.2) is 52.7 Å². The van der Waals surface area contributed by atoms with Crippen LogP contribution in [-0.2, 0) is 4.79 Å². The second kappa shape index (κ2) is 9.50. The molecule has 1 aliphatic rings. The molecule has 0 aliphatic carbocycles. The van der Waals surface area contributed by atoms with Gasteiger partial charge in [-0.3, -0.25) is 9.59 Å².